The highest BCUT2D eigenvalue weighted by atomic mass is 16.5. The quantitative estimate of drug-likeness (QED) is 0.727. The normalized spacial score (nSPS) is 25.1. The monoisotopic (exact) mass is 196 g/mol. The highest BCUT2D eigenvalue weighted by molar-refractivity contribution is 5.85. The standard InChI is InChI=1S/C10H16N2O2/c1-3-10(2,7-11)9(13)12-8-4-5-14-6-8/h8H,3-6H2,1-2H3,(H,12,13). The zero-order valence-corrected chi connectivity index (χ0v) is 8.67. The van der Waals surface area contributed by atoms with Gasteiger partial charge in [0.15, 0.2) is 0 Å². The van der Waals surface area contributed by atoms with E-state index in [0.29, 0.717) is 19.6 Å². The lowest BCUT2D eigenvalue weighted by atomic mass is 9.88. The number of hydrogen-bond donors (Lipinski definition) is 1. The minimum absolute atomic E-state index is 0.0849. The van der Waals surface area contributed by atoms with Crippen molar-refractivity contribution in [3.05, 3.63) is 0 Å². The Kier molecular flexibility index (Phi) is 3.48. The Morgan fingerprint density at radius 2 is 2.50 bits per heavy atom. The first kappa shape index (κ1) is 11.0. The first-order valence-corrected chi connectivity index (χ1v) is 4.92. The van der Waals surface area contributed by atoms with Crippen molar-refractivity contribution in [3.8, 4) is 6.07 Å². The Morgan fingerprint density at radius 3 is 2.93 bits per heavy atom. The summed E-state index contributed by atoms with van der Waals surface area (Å²) in [6, 6.07) is 2.13. The van der Waals surface area contributed by atoms with Crippen molar-refractivity contribution >= 4 is 5.91 Å². The maximum Gasteiger partial charge on any atom is 0.240 e. The average Bonchev–Trinajstić information content (AvgIpc) is 2.69. The molecule has 0 aromatic carbocycles. The highest BCUT2D eigenvalue weighted by Crippen LogP contribution is 2.20. The van der Waals surface area contributed by atoms with Gasteiger partial charge < -0.3 is 10.1 Å². The lowest BCUT2D eigenvalue weighted by Gasteiger charge is -2.21. The predicted molar refractivity (Wildman–Crippen MR) is 51.4 cm³/mol. The van der Waals surface area contributed by atoms with Crippen LogP contribution >= 0.6 is 0 Å². The summed E-state index contributed by atoms with van der Waals surface area (Å²) in [6.07, 6.45) is 1.37. The van der Waals surface area contributed by atoms with Crippen LogP contribution in [0, 0.1) is 16.7 Å². The maximum atomic E-state index is 11.7. The Balaban J connectivity index is 2.52. The first-order valence-electron chi connectivity index (χ1n) is 4.92. The molecule has 1 heterocycles. The number of hydrogen-bond acceptors (Lipinski definition) is 3. The predicted octanol–water partition coefficient (Wildman–Crippen LogP) is 0.831. The highest BCUT2D eigenvalue weighted by Gasteiger charge is 2.33. The van der Waals surface area contributed by atoms with Gasteiger partial charge in [-0.1, -0.05) is 6.92 Å². The molecule has 0 spiro atoms. The van der Waals surface area contributed by atoms with Gasteiger partial charge in [0.25, 0.3) is 0 Å². The minimum Gasteiger partial charge on any atom is -0.379 e. The van der Waals surface area contributed by atoms with E-state index in [0.717, 1.165) is 6.42 Å². The summed E-state index contributed by atoms with van der Waals surface area (Å²) in [5.74, 6) is -0.182. The molecule has 78 valence electrons. The van der Waals surface area contributed by atoms with Gasteiger partial charge in [0.05, 0.1) is 18.7 Å². The summed E-state index contributed by atoms with van der Waals surface area (Å²) in [7, 11) is 0. The number of carbonyl (C=O) groups excluding carboxylic acids is 1. The molecule has 1 saturated heterocycles. The fourth-order valence-electron chi connectivity index (χ4n) is 1.28. The van der Waals surface area contributed by atoms with Crippen LogP contribution in [0.5, 0.6) is 0 Å². The van der Waals surface area contributed by atoms with E-state index < -0.39 is 5.41 Å². The van der Waals surface area contributed by atoms with Crippen molar-refractivity contribution in [1.29, 1.82) is 5.26 Å². The van der Waals surface area contributed by atoms with Crippen LogP contribution < -0.4 is 5.32 Å². The molecule has 1 aliphatic rings. The second kappa shape index (κ2) is 4.43. The van der Waals surface area contributed by atoms with Crippen LogP contribution in [0.2, 0.25) is 0 Å². The zero-order valence-electron chi connectivity index (χ0n) is 8.67. The summed E-state index contributed by atoms with van der Waals surface area (Å²) in [6.45, 7) is 4.77. The van der Waals surface area contributed by atoms with Crippen LogP contribution in [0.3, 0.4) is 0 Å². The van der Waals surface area contributed by atoms with E-state index in [9.17, 15) is 4.79 Å². The number of rotatable bonds is 3. The molecule has 1 rings (SSSR count). The molecule has 4 heteroatoms. The second-order valence-corrected chi connectivity index (χ2v) is 3.83. The Labute approximate surface area is 84.2 Å². The van der Waals surface area contributed by atoms with Crippen molar-refractivity contribution in [2.24, 2.45) is 5.41 Å². The molecule has 1 aliphatic heterocycles. The Bertz CT molecular complexity index is 253. The summed E-state index contributed by atoms with van der Waals surface area (Å²) >= 11 is 0. The molecule has 0 bridgehead atoms. The first-order chi connectivity index (χ1) is 6.62. The van der Waals surface area contributed by atoms with E-state index in [1.165, 1.54) is 0 Å². The summed E-state index contributed by atoms with van der Waals surface area (Å²) < 4.78 is 5.14. The van der Waals surface area contributed by atoms with Gasteiger partial charge in [0, 0.05) is 6.61 Å². The molecule has 0 saturated carbocycles. The van der Waals surface area contributed by atoms with E-state index in [1.807, 2.05) is 13.0 Å². The van der Waals surface area contributed by atoms with E-state index in [2.05, 4.69) is 5.32 Å². The molecule has 0 aromatic rings. The largest absolute Gasteiger partial charge is 0.379 e. The molecule has 0 aliphatic carbocycles. The summed E-state index contributed by atoms with van der Waals surface area (Å²) in [5.41, 5.74) is -0.900. The number of carbonyl (C=O) groups is 1. The van der Waals surface area contributed by atoms with Gasteiger partial charge >= 0.3 is 0 Å². The smallest absolute Gasteiger partial charge is 0.240 e. The maximum absolute atomic E-state index is 11.7. The van der Waals surface area contributed by atoms with Crippen molar-refractivity contribution in [2.45, 2.75) is 32.7 Å². The van der Waals surface area contributed by atoms with Gasteiger partial charge in [-0.05, 0) is 19.8 Å². The van der Waals surface area contributed by atoms with Crippen LogP contribution in [0.15, 0.2) is 0 Å². The fourth-order valence-corrected chi connectivity index (χ4v) is 1.28. The molecule has 0 radical (unpaired) electrons. The van der Waals surface area contributed by atoms with E-state index in [4.69, 9.17) is 10.00 Å². The van der Waals surface area contributed by atoms with Gasteiger partial charge in [0.1, 0.15) is 5.41 Å². The SMILES string of the molecule is CCC(C)(C#N)C(=O)NC1CCOC1. The summed E-state index contributed by atoms with van der Waals surface area (Å²) in [5, 5.41) is 11.7. The second-order valence-electron chi connectivity index (χ2n) is 3.83. The molecule has 2 unspecified atom stereocenters. The van der Waals surface area contributed by atoms with Crippen molar-refractivity contribution in [1.82, 2.24) is 5.32 Å². The van der Waals surface area contributed by atoms with Crippen LogP contribution in [0.1, 0.15) is 26.7 Å². The van der Waals surface area contributed by atoms with Crippen molar-refractivity contribution < 1.29 is 9.53 Å². The molecule has 1 fully saturated rings. The molecular formula is C10H16N2O2. The molecule has 1 amide bonds. The third kappa shape index (κ3) is 2.24. The molecule has 1 N–H and O–H groups in total. The van der Waals surface area contributed by atoms with E-state index >= 15 is 0 Å². The number of ether oxygens (including phenoxy) is 1. The van der Waals surface area contributed by atoms with Crippen LogP contribution in [-0.2, 0) is 9.53 Å². The Morgan fingerprint density at radius 1 is 1.79 bits per heavy atom. The zero-order chi connectivity index (χ0) is 10.6. The van der Waals surface area contributed by atoms with Crippen LogP contribution in [-0.4, -0.2) is 25.2 Å². The molecular weight excluding hydrogens is 180 g/mol. The van der Waals surface area contributed by atoms with Crippen LogP contribution in [0.4, 0.5) is 0 Å². The molecule has 2 atom stereocenters. The van der Waals surface area contributed by atoms with Gasteiger partial charge in [-0.2, -0.15) is 5.26 Å². The van der Waals surface area contributed by atoms with Gasteiger partial charge in [-0.3, -0.25) is 4.79 Å². The summed E-state index contributed by atoms with van der Waals surface area (Å²) in [4.78, 5) is 11.7. The topological polar surface area (TPSA) is 62.1 Å². The van der Waals surface area contributed by atoms with Gasteiger partial charge in [0.2, 0.25) is 5.91 Å². The lowest BCUT2D eigenvalue weighted by molar-refractivity contribution is -0.128. The fraction of sp³-hybridized carbons (Fsp3) is 0.800. The number of nitrogens with one attached hydrogen (secondary N) is 1. The van der Waals surface area contributed by atoms with E-state index in [-0.39, 0.29) is 11.9 Å². The minimum atomic E-state index is -0.900. The third-order valence-corrected chi connectivity index (χ3v) is 2.72. The molecule has 14 heavy (non-hydrogen) atoms. The number of amides is 1. The number of nitriles is 1. The average molecular weight is 196 g/mol. The number of nitrogens with zero attached hydrogens (tertiary/aromatic N) is 1. The van der Waals surface area contributed by atoms with Gasteiger partial charge in [-0.15, -0.1) is 0 Å². The van der Waals surface area contributed by atoms with Crippen molar-refractivity contribution in [3.63, 3.8) is 0 Å². The van der Waals surface area contributed by atoms with Crippen LogP contribution in [0.25, 0.3) is 0 Å². The molecule has 0 aromatic heterocycles. The van der Waals surface area contributed by atoms with Gasteiger partial charge in [-0.25, -0.2) is 0 Å². The Hall–Kier alpha value is -1.08. The lowest BCUT2D eigenvalue weighted by Crippen LogP contribution is -2.43. The van der Waals surface area contributed by atoms with E-state index in [1.54, 1.807) is 6.92 Å². The third-order valence-electron chi connectivity index (χ3n) is 2.72. The molecule has 4 nitrogen and oxygen atoms in total. The van der Waals surface area contributed by atoms with Crippen molar-refractivity contribution in [2.75, 3.05) is 13.2 Å².